The number of aromatic nitrogens is 1. The number of nitrogens with one attached hydrogen (secondary N) is 1. The molecular weight excluding hydrogens is 421 g/mol. The van der Waals surface area contributed by atoms with Gasteiger partial charge in [0.05, 0.1) is 6.04 Å². The molecule has 7 heteroatoms. The van der Waals surface area contributed by atoms with Crippen molar-refractivity contribution in [2.75, 3.05) is 31.1 Å². The molecule has 1 aliphatic heterocycles. The highest BCUT2D eigenvalue weighted by Crippen LogP contribution is 2.23. The lowest BCUT2D eigenvalue weighted by Gasteiger charge is -2.39. The molecule has 0 amide bonds. The second-order valence-corrected chi connectivity index (χ2v) is 7.85. The van der Waals surface area contributed by atoms with E-state index >= 15 is 0 Å². The highest BCUT2D eigenvalue weighted by Gasteiger charge is 2.28. The van der Waals surface area contributed by atoms with Crippen molar-refractivity contribution in [3.63, 3.8) is 0 Å². The van der Waals surface area contributed by atoms with Crippen molar-refractivity contribution in [1.82, 2.24) is 9.88 Å². The second kappa shape index (κ2) is 9.65. The summed E-state index contributed by atoms with van der Waals surface area (Å²) < 4.78 is 0. The van der Waals surface area contributed by atoms with Crippen LogP contribution in [0.5, 0.6) is 0 Å². The average molecular weight is 446 g/mol. The van der Waals surface area contributed by atoms with Gasteiger partial charge in [0.1, 0.15) is 0 Å². The van der Waals surface area contributed by atoms with Gasteiger partial charge in [0, 0.05) is 54.0 Å². The third-order valence-electron chi connectivity index (χ3n) is 5.63. The number of rotatable bonds is 5. The predicted octanol–water partition coefficient (Wildman–Crippen LogP) is 4.39. The van der Waals surface area contributed by atoms with Crippen molar-refractivity contribution in [2.24, 2.45) is 0 Å². The molecule has 0 bridgehead atoms. The van der Waals surface area contributed by atoms with Gasteiger partial charge >= 0.3 is 0 Å². The third kappa shape index (κ3) is 4.69. The Morgan fingerprint density at radius 2 is 1.83 bits per heavy atom. The van der Waals surface area contributed by atoms with Crippen LogP contribution in [0.4, 0.5) is 5.69 Å². The number of piperazine rings is 1. The number of ketones is 1. The van der Waals surface area contributed by atoms with E-state index in [0.29, 0.717) is 5.56 Å². The van der Waals surface area contributed by atoms with Crippen LogP contribution in [0, 0.1) is 0 Å². The molecule has 1 saturated heterocycles. The minimum atomic E-state index is -0.142. The molecule has 4 rings (SSSR count). The van der Waals surface area contributed by atoms with Gasteiger partial charge in [0.25, 0.3) is 0 Å². The Hall–Kier alpha value is -2.34. The van der Waals surface area contributed by atoms with E-state index in [0.717, 1.165) is 54.2 Å². The molecule has 0 radical (unpaired) electrons. The Balaban J connectivity index is 0.00000256. The SMILES string of the molecule is CCC(C(=O)c1ccc2[nH]c(=O)ccc2c1)N1CCN(c2cccc(Cl)c2)CC1.Cl. The van der Waals surface area contributed by atoms with Crippen LogP contribution in [-0.4, -0.2) is 47.9 Å². The van der Waals surface area contributed by atoms with Crippen LogP contribution in [0.25, 0.3) is 10.9 Å². The smallest absolute Gasteiger partial charge is 0.248 e. The first-order valence-electron chi connectivity index (χ1n) is 9.97. The highest BCUT2D eigenvalue weighted by molar-refractivity contribution is 6.30. The van der Waals surface area contributed by atoms with Gasteiger partial charge < -0.3 is 9.88 Å². The summed E-state index contributed by atoms with van der Waals surface area (Å²) in [5, 5.41) is 1.61. The monoisotopic (exact) mass is 445 g/mol. The largest absolute Gasteiger partial charge is 0.369 e. The van der Waals surface area contributed by atoms with Crippen molar-refractivity contribution < 1.29 is 4.79 Å². The molecule has 1 unspecified atom stereocenters. The summed E-state index contributed by atoms with van der Waals surface area (Å²) in [5.74, 6) is 0.136. The van der Waals surface area contributed by atoms with Crippen LogP contribution in [0.2, 0.25) is 5.02 Å². The normalized spacial score (nSPS) is 15.6. The van der Waals surface area contributed by atoms with E-state index in [4.69, 9.17) is 11.6 Å². The number of carbonyl (C=O) groups is 1. The fourth-order valence-electron chi connectivity index (χ4n) is 4.07. The number of carbonyl (C=O) groups excluding carboxylic acids is 1. The van der Waals surface area contributed by atoms with Gasteiger partial charge in [-0.2, -0.15) is 0 Å². The molecular formula is C23H25Cl2N3O2. The maximum absolute atomic E-state index is 13.2. The average Bonchev–Trinajstić information content (AvgIpc) is 2.74. The van der Waals surface area contributed by atoms with Gasteiger partial charge in [-0.3, -0.25) is 14.5 Å². The summed E-state index contributed by atoms with van der Waals surface area (Å²) in [7, 11) is 0. The van der Waals surface area contributed by atoms with Gasteiger partial charge in [0.2, 0.25) is 5.56 Å². The number of halogens is 2. The number of aromatic amines is 1. The lowest BCUT2D eigenvalue weighted by Crippen LogP contribution is -2.52. The number of Topliss-reactive ketones (excluding diaryl/α,β-unsaturated/α-hetero) is 1. The number of H-pyrrole nitrogens is 1. The summed E-state index contributed by atoms with van der Waals surface area (Å²) in [4.78, 5) is 32.1. The van der Waals surface area contributed by atoms with E-state index < -0.39 is 0 Å². The summed E-state index contributed by atoms with van der Waals surface area (Å²) >= 11 is 6.12. The molecule has 1 aliphatic rings. The number of benzene rings is 2. The minimum absolute atomic E-state index is 0. The quantitative estimate of drug-likeness (QED) is 0.591. The zero-order valence-electron chi connectivity index (χ0n) is 16.8. The molecule has 1 fully saturated rings. The Kier molecular flexibility index (Phi) is 7.19. The molecule has 2 heterocycles. The Morgan fingerprint density at radius 1 is 1.07 bits per heavy atom. The molecule has 5 nitrogen and oxygen atoms in total. The van der Waals surface area contributed by atoms with Crippen LogP contribution in [0.3, 0.4) is 0 Å². The first-order valence-corrected chi connectivity index (χ1v) is 10.3. The maximum Gasteiger partial charge on any atom is 0.248 e. The molecule has 0 spiro atoms. The van der Waals surface area contributed by atoms with E-state index in [2.05, 4.69) is 27.8 Å². The molecule has 158 valence electrons. The van der Waals surface area contributed by atoms with Crippen LogP contribution in [-0.2, 0) is 0 Å². The first kappa shape index (κ1) is 22.3. The van der Waals surface area contributed by atoms with Crippen molar-refractivity contribution >= 4 is 46.4 Å². The molecule has 30 heavy (non-hydrogen) atoms. The Morgan fingerprint density at radius 3 is 2.53 bits per heavy atom. The summed E-state index contributed by atoms with van der Waals surface area (Å²) in [6.07, 6.45) is 0.764. The number of anilines is 1. The summed E-state index contributed by atoms with van der Waals surface area (Å²) in [5.41, 5.74) is 2.42. The topological polar surface area (TPSA) is 56.4 Å². The van der Waals surface area contributed by atoms with Gasteiger partial charge in [-0.15, -0.1) is 12.4 Å². The molecule has 2 aromatic carbocycles. The van der Waals surface area contributed by atoms with Crippen molar-refractivity contribution in [3.8, 4) is 0 Å². The third-order valence-corrected chi connectivity index (χ3v) is 5.86. The lowest BCUT2D eigenvalue weighted by atomic mass is 9.98. The van der Waals surface area contributed by atoms with Gasteiger partial charge in [-0.25, -0.2) is 0 Å². The van der Waals surface area contributed by atoms with Crippen LogP contribution < -0.4 is 10.5 Å². The number of fused-ring (bicyclic) bond motifs is 1. The second-order valence-electron chi connectivity index (χ2n) is 7.42. The van der Waals surface area contributed by atoms with E-state index in [1.165, 1.54) is 6.07 Å². The zero-order chi connectivity index (χ0) is 20.4. The lowest BCUT2D eigenvalue weighted by molar-refractivity contribution is 0.0801. The number of hydrogen-bond donors (Lipinski definition) is 1. The van der Waals surface area contributed by atoms with E-state index in [9.17, 15) is 9.59 Å². The molecule has 1 atom stereocenters. The van der Waals surface area contributed by atoms with Crippen LogP contribution in [0.15, 0.2) is 59.4 Å². The standard InChI is InChI=1S/C23H24ClN3O2.ClH/c1-2-21(23(29)17-6-8-20-16(14-17)7-9-22(28)25-20)27-12-10-26(11-13-27)19-5-3-4-18(24)15-19;/h3-9,14-15,21H,2,10-13H2,1H3,(H,25,28);1H. The van der Waals surface area contributed by atoms with Gasteiger partial charge in [0.15, 0.2) is 5.78 Å². The van der Waals surface area contributed by atoms with Crippen molar-refractivity contribution in [1.29, 1.82) is 0 Å². The Labute approximate surface area is 187 Å². The minimum Gasteiger partial charge on any atom is -0.369 e. The highest BCUT2D eigenvalue weighted by atomic mass is 35.5. The molecule has 0 saturated carbocycles. The number of pyridine rings is 1. The van der Waals surface area contributed by atoms with E-state index in [-0.39, 0.29) is 29.8 Å². The number of nitrogens with zero attached hydrogens (tertiary/aromatic N) is 2. The fourth-order valence-corrected chi connectivity index (χ4v) is 4.26. The zero-order valence-corrected chi connectivity index (χ0v) is 18.4. The number of hydrogen-bond acceptors (Lipinski definition) is 4. The van der Waals surface area contributed by atoms with E-state index in [1.54, 1.807) is 6.07 Å². The first-order chi connectivity index (χ1) is 14.0. The summed E-state index contributed by atoms with van der Waals surface area (Å²) in [6.45, 7) is 5.45. The van der Waals surface area contributed by atoms with E-state index in [1.807, 2.05) is 36.4 Å². The molecule has 1 aromatic heterocycles. The van der Waals surface area contributed by atoms with Crippen molar-refractivity contribution in [3.05, 3.63) is 75.5 Å². The Bertz CT molecular complexity index is 1090. The fraction of sp³-hybridized carbons (Fsp3) is 0.304. The predicted molar refractivity (Wildman–Crippen MR) is 125 cm³/mol. The van der Waals surface area contributed by atoms with Crippen LogP contribution in [0.1, 0.15) is 23.7 Å². The maximum atomic E-state index is 13.2. The van der Waals surface area contributed by atoms with Gasteiger partial charge in [-0.1, -0.05) is 24.6 Å². The molecule has 1 N–H and O–H groups in total. The van der Waals surface area contributed by atoms with Crippen molar-refractivity contribution in [2.45, 2.75) is 19.4 Å². The molecule has 0 aliphatic carbocycles. The van der Waals surface area contributed by atoms with Gasteiger partial charge in [-0.05, 0) is 54.3 Å². The molecule has 3 aromatic rings. The van der Waals surface area contributed by atoms with Crippen LogP contribution >= 0.6 is 24.0 Å². The summed E-state index contributed by atoms with van der Waals surface area (Å²) in [6, 6.07) is 16.5.